The molecule has 2 aliphatic rings. The lowest BCUT2D eigenvalue weighted by atomic mass is 10.1. The first-order valence-corrected chi connectivity index (χ1v) is 12.7. The number of aliphatic imine (C=N–C) groups is 1. The molecule has 1 saturated heterocycles. The molecule has 0 unspecified atom stereocenters. The number of rotatable bonds is 8. The SMILES string of the molecule is CC(C)NC(=O)COc1cccc(-c2nc(Nc3ccc4c(c3)C=NC4)cc(N3CCN(C)CC3)n2)c1. The largest absolute Gasteiger partial charge is 0.484 e. The van der Waals surface area contributed by atoms with Gasteiger partial charge in [-0.25, -0.2) is 9.97 Å². The topological polar surface area (TPSA) is 95.0 Å². The lowest BCUT2D eigenvalue weighted by molar-refractivity contribution is -0.123. The summed E-state index contributed by atoms with van der Waals surface area (Å²) in [7, 11) is 2.14. The van der Waals surface area contributed by atoms with Crippen molar-refractivity contribution in [2.45, 2.75) is 26.4 Å². The van der Waals surface area contributed by atoms with Crippen molar-refractivity contribution >= 4 is 29.4 Å². The van der Waals surface area contributed by atoms with Gasteiger partial charge in [0.2, 0.25) is 0 Å². The van der Waals surface area contributed by atoms with Gasteiger partial charge in [0.05, 0.1) is 6.54 Å². The Labute approximate surface area is 217 Å². The van der Waals surface area contributed by atoms with E-state index in [1.54, 1.807) is 0 Å². The summed E-state index contributed by atoms with van der Waals surface area (Å²) in [5, 5.41) is 6.31. The maximum atomic E-state index is 12.0. The number of nitrogens with zero attached hydrogens (tertiary/aromatic N) is 5. The van der Waals surface area contributed by atoms with Gasteiger partial charge in [-0.3, -0.25) is 9.79 Å². The fourth-order valence-electron chi connectivity index (χ4n) is 4.39. The number of likely N-dealkylation sites (N-methyl/N-ethyl adjacent to an activating group) is 1. The molecule has 3 heterocycles. The molecule has 1 amide bonds. The van der Waals surface area contributed by atoms with Crippen LogP contribution in [0.3, 0.4) is 0 Å². The Kier molecular flexibility index (Phi) is 7.32. The van der Waals surface area contributed by atoms with Gasteiger partial charge in [0, 0.05) is 55.8 Å². The van der Waals surface area contributed by atoms with Crippen molar-refractivity contribution < 1.29 is 9.53 Å². The van der Waals surface area contributed by atoms with Gasteiger partial charge in [-0.05, 0) is 56.3 Å². The number of fused-ring (bicyclic) bond motifs is 1. The first kappa shape index (κ1) is 24.7. The van der Waals surface area contributed by atoms with Crippen LogP contribution in [0.5, 0.6) is 5.75 Å². The van der Waals surface area contributed by atoms with Crippen molar-refractivity contribution in [2.24, 2.45) is 4.99 Å². The van der Waals surface area contributed by atoms with E-state index >= 15 is 0 Å². The van der Waals surface area contributed by atoms with E-state index in [0.29, 0.717) is 11.6 Å². The molecule has 2 aromatic carbocycles. The summed E-state index contributed by atoms with van der Waals surface area (Å²) >= 11 is 0. The predicted molar refractivity (Wildman–Crippen MR) is 147 cm³/mol. The van der Waals surface area contributed by atoms with Crippen molar-refractivity contribution in [1.82, 2.24) is 20.2 Å². The summed E-state index contributed by atoms with van der Waals surface area (Å²) in [5.74, 6) is 2.64. The molecule has 5 rings (SSSR count). The Morgan fingerprint density at radius 3 is 2.70 bits per heavy atom. The Hall–Kier alpha value is -3.98. The van der Waals surface area contributed by atoms with Crippen molar-refractivity contribution in [3.05, 3.63) is 59.7 Å². The van der Waals surface area contributed by atoms with Crippen molar-refractivity contribution in [2.75, 3.05) is 50.1 Å². The summed E-state index contributed by atoms with van der Waals surface area (Å²) in [4.78, 5) is 30.8. The molecule has 0 aliphatic carbocycles. The first-order valence-electron chi connectivity index (χ1n) is 12.7. The summed E-state index contributed by atoms with van der Waals surface area (Å²) in [5.41, 5.74) is 4.13. The number of anilines is 3. The fraction of sp³-hybridized carbons (Fsp3) is 0.357. The highest BCUT2D eigenvalue weighted by atomic mass is 16.5. The molecule has 1 aromatic heterocycles. The van der Waals surface area contributed by atoms with Crippen LogP contribution in [-0.4, -0.2) is 72.9 Å². The number of ether oxygens (including phenoxy) is 1. The average molecular weight is 500 g/mol. The van der Waals surface area contributed by atoms with E-state index in [9.17, 15) is 4.79 Å². The number of hydrogen-bond donors (Lipinski definition) is 2. The highest BCUT2D eigenvalue weighted by Gasteiger charge is 2.18. The second kappa shape index (κ2) is 11.0. The molecule has 0 spiro atoms. The summed E-state index contributed by atoms with van der Waals surface area (Å²) in [6.07, 6.45) is 1.91. The second-order valence-corrected chi connectivity index (χ2v) is 9.77. The van der Waals surface area contributed by atoms with Crippen LogP contribution in [0.1, 0.15) is 25.0 Å². The lowest BCUT2D eigenvalue weighted by Gasteiger charge is -2.33. The van der Waals surface area contributed by atoms with Gasteiger partial charge in [-0.2, -0.15) is 0 Å². The summed E-state index contributed by atoms with van der Waals surface area (Å²) in [6, 6.07) is 15.9. The summed E-state index contributed by atoms with van der Waals surface area (Å²) in [6.45, 7) is 8.29. The zero-order valence-electron chi connectivity index (χ0n) is 21.6. The molecule has 0 atom stereocenters. The lowest BCUT2D eigenvalue weighted by Crippen LogP contribution is -2.44. The third-order valence-corrected chi connectivity index (χ3v) is 6.36. The molecule has 3 aromatic rings. The highest BCUT2D eigenvalue weighted by molar-refractivity contribution is 5.86. The number of piperazine rings is 1. The van der Waals surface area contributed by atoms with Gasteiger partial charge in [0.1, 0.15) is 17.4 Å². The molecule has 9 nitrogen and oxygen atoms in total. The normalized spacial score (nSPS) is 15.1. The Morgan fingerprint density at radius 1 is 1.05 bits per heavy atom. The van der Waals surface area contributed by atoms with Gasteiger partial charge in [-0.15, -0.1) is 0 Å². The standard InChI is InChI=1S/C28H33N7O2/c1-19(2)30-27(36)18-37-24-6-4-5-20(14-24)28-32-25(15-26(33-28)35-11-9-34(3)10-12-35)31-23-8-7-21-16-29-17-22(21)13-23/h4-8,13-15,17,19H,9-12,16,18H2,1-3H3,(H,30,36)(H,31,32,33). The quantitative estimate of drug-likeness (QED) is 0.490. The summed E-state index contributed by atoms with van der Waals surface area (Å²) < 4.78 is 5.75. The van der Waals surface area contributed by atoms with Gasteiger partial charge in [0.25, 0.3) is 5.91 Å². The van der Waals surface area contributed by atoms with E-state index in [1.165, 1.54) is 5.56 Å². The van der Waals surface area contributed by atoms with Crippen LogP contribution in [0.15, 0.2) is 53.5 Å². The molecule has 2 N–H and O–H groups in total. The van der Waals surface area contributed by atoms with Crippen LogP contribution in [0.25, 0.3) is 11.4 Å². The highest BCUT2D eigenvalue weighted by Crippen LogP contribution is 2.28. The van der Waals surface area contributed by atoms with E-state index in [0.717, 1.165) is 61.2 Å². The predicted octanol–water partition coefficient (Wildman–Crippen LogP) is 3.47. The monoisotopic (exact) mass is 499 g/mol. The smallest absolute Gasteiger partial charge is 0.258 e. The van der Waals surface area contributed by atoms with E-state index in [2.05, 4.69) is 50.7 Å². The minimum absolute atomic E-state index is 0.0434. The maximum Gasteiger partial charge on any atom is 0.258 e. The average Bonchev–Trinajstić information content (AvgIpc) is 3.35. The van der Waals surface area contributed by atoms with Crippen LogP contribution in [0.2, 0.25) is 0 Å². The Bertz CT molecular complexity index is 1300. The Balaban J connectivity index is 1.42. The van der Waals surface area contributed by atoms with Crippen LogP contribution < -0.4 is 20.3 Å². The number of hydrogen-bond acceptors (Lipinski definition) is 8. The minimum atomic E-state index is -0.153. The van der Waals surface area contributed by atoms with Crippen molar-refractivity contribution in [3.8, 4) is 17.1 Å². The Morgan fingerprint density at radius 2 is 1.89 bits per heavy atom. The molecule has 192 valence electrons. The van der Waals surface area contributed by atoms with Crippen LogP contribution in [0.4, 0.5) is 17.3 Å². The number of nitrogens with one attached hydrogen (secondary N) is 2. The molecule has 1 fully saturated rings. The minimum Gasteiger partial charge on any atom is -0.484 e. The number of amides is 1. The van der Waals surface area contributed by atoms with Crippen LogP contribution in [0, 0.1) is 0 Å². The number of benzene rings is 2. The van der Waals surface area contributed by atoms with E-state index in [1.807, 2.05) is 50.4 Å². The molecule has 2 aliphatic heterocycles. The van der Waals surface area contributed by atoms with Crippen molar-refractivity contribution in [1.29, 1.82) is 0 Å². The van der Waals surface area contributed by atoms with Gasteiger partial charge in [-0.1, -0.05) is 18.2 Å². The zero-order valence-corrected chi connectivity index (χ0v) is 21.6. The molecule has 0 bridgehead atoms. The third kappa shape index (κ3) is 6.24. The molecule has 37 heavy (non-hydrogen) atoms. The first-order chi connectivity index (χ1) is 17.9. The van der Waals surface area contributed by atoms with Gasteiger partial charge in [0.15, 0.2) is 12.4 Å². The number of carbonyl (C=O) groups is 1. The van der Waals surface area contributed by atoms with Gasteiger partial charge >= 0.3 is 0 Å². The van der Waals surface area contributed by atoms with Crippen molar-refractivity contribution in [3.63, 3.8) is 0 Å². The van der Waals surface area contributed by atoms with E-state index in [4.69, 9.17) is 14.7 Å². The van der Waals surface area contributed by atoms with Crippen LogP contribution in [-0.2, 0) is 11.3 Å². The molecule has 9 heteroatoms. The van der Waals surface area contributed by atoms with Crippen LogP contribution >= 0.6 is 0 Å². The van der Waals surface area contributed by atoms with Gasteiger partial charge < -0.3 is 25.2 Å². The number of aromatic nitrogens is 2. The van der Waals surface area contributed by atoms with E-state index < -0.39 is 0 Å². The molecular formula is C28H33N7O2. The molecular weight excluding hydrogens is 466 g/mol. The fourth-order valence-corrected chi connectivity index (χ4v) is 4.39. The molecule has 0 saturated carbocycles. The van der Waals surface area contributed by atoms with E-state index in [-0.39, 0.29) is 18.6 Å². The number of carbonyl (C=O) groups excluding carboxylic acids is 1. The molecule has 0 radical (unpaired) electrons. The second-order valence-electron chi connectivity index (χ2n) is 9.77. The third-order valence-electron chi connectivity index (χ3n) is 6.36. The zero-order chi connectivity index (χ0) is 25.8. The maximum absolute atomic E-state index is 12.0.